The molecule has 2 aromatic carbocycles. The molecule has 4 rings (SSSR count). The molecule has 5 N–H and O–H groups in total. The molecule has 2 aliphatic rings. The summed E-state index contributed by atoms with van der Waals surface area (Å²) in [7, 11) is 1.35. The minimum atomic E-state index is -1.46. The van der Waals surface area contributed by atoms with Crippen molar-refractivity contribution < 1.29 is 54.0 Å². The number of methoxy groups -OCH3 is 1. The first-order valence-electron chi connectivity index (χ1n) is 13.0. The van der Waals surface area contributed by atoms with Gasteiger partial charge < -0.3 is 54.0 Å². The van der Waals surface area contributed by atoms with E-state index in [9.17, 15) is 25.5 Å². The van der Waals surface area contributed by atoms with Gasteiger partial charge in [0.05, 0.1) is 25.9 Å². The molecule has 216 valence electrons. The van der Waals surface area contributed by atoms with E-state index in [1.165, 1.54) is 7.11 Å². The van der Waals surface area contributed by atoms with Gasteiger partial charge in [0.15, 0.2) is 12.6 Å². The first kappa shape index (κ1) is 30.0. The van der Waals surface area contributed by atoms with Gasteiger partial charge in [-0.15, -0.1) is 0 Å². The Kier molecular flexibility index (Phi) is 10.8. The molecule has 39 heavy (non-hydrogen) atoms. The van der Waals surface area contributed by atoms with Gasteiger partial charge in [0, 0.05) is 7.11 Å². The van der Waals surface area contributed by atoms with Crippen LogP contribution in [0.5, 0.6) is 0 Å². The van der Waals surface area contributed by atoms with Crippen LogP contribution in [0.15, 0.2) is 60.7 Å². The van der Waals surface area contributed by atoms with Crippen molar-refractivity contribution in [3.63, 3.8) is 0 Å². The molecule has 11 heteroatoms. The van der Waals surface area contributed by atoms with Crippen molar-refractivity contribution in [2.24, 2.45) is 0 Å². The average molecular weight is 551 g/mol. The van der Waals surface area contributed by atoms with Crippen LogP contribution in [-0.4, -0.2) is 107 Å². The summed E-state index contributed by atoms with van der Waals surface area (Å²) >= 11 is 0. The van der Waals surface area contributed by atoms with Crippen LogP contribution in [-0.2, 0) is 41.6 Å². The Morgan fingerprint density at radius 3 is 1.85 bits per heavy atom. The Morgan fingerprint density at radius 1 is 0.744 bits per heavy atom. The lowest BCUT2D eigenvalue weighted by Crippen LogP contribution is -2.66. The van der Waals surface area contributed by atoms with Gasteiger partial charge >= 0.3 is 0 Å². The van der Waals surface area contributed by atoms with Crippen molar-refractivity contribution in [2.45, 2.75) is 87.7 Å². The summed E-state index contributed by atoms with van der Waals surface area (Å²) in [6.07, 6.45) is -13.2. The highest BCUT2D eigenvalue weighted by Crippen LogP contribution is 2.33. The Balaban J connectivity index is 1.62. The second-order valence-corrected chi connectivity index (χ2v) is 9.76. The zero-order valence-electron chi connectivity index (χ0n) is 21.9. The van der Waals surface area contributed by atoms with Crippen molar-refractivity contribution in [3.8, 4) is 0 Å². The van der Waals surface area contributed by atoms with Crippen molar-refractivity contribution in [1.82, 2.24) is 0 Å². The fourth-order valence-electron chi connectivity index (χ4n) is 4.82. The topological polar surface area (TPSA) is 157 Å². The first-order valence-corrected chi connectivity index (χ1v) is 13.0. The summed E-state index contributed by atoms with van der Waals surface area (Å²) in [6, 6.07) is 18.7. The molecule has 11 nitrogen and oxygen atoms in total. The van der Waals surface area contributed by atoms with Gasteiger partial charge in [-0.25, -0.2) is 0 Å². The summed E-state index contributed by atoms with van der Waals surface area (Å²) in [4.78, 5) is 0. The van der Waals surface area contributed by atoms with Crippen LogP contribution in [0.4, 0.5) is 0 Å². The van der Waals surface area contributed by atoms with E-state index < -0.39 is 74.1 Å². The molecule has 0 aliphatic carbocycles. The SMILES string of the molecule is CO[C@@H]1O[C@@H](C)[C@H](O[C@@H]2O[C@H]([C@H](O)CO)[C@@H](O)[C@H](OCc3ccccc3)[C@@H]2OCc2ccccc2)[C@@H](O)[C@H]1O. The predicted molar refractivity (Wildman–Crippen MR) is 136 cm³/mol. The average Bonchev–Trinajstić information content (AvgIpc) is 2.96. The molecule has 0 radical (unpaired) electrons. The third kappa shape index (κ3) is 7.20. The number of aliphatic hydroxyl groups is 5. The maximum Gasteiger partial charge on any atom is 0.187 e. The van der Waals surface area contributed by atoms with Gasteiger partial charge in [-0.1, -0.05) is 60.7 Å². The third-order valence-corrected chi connectivity index (χ3v) is 6.99. The zero-order chi connectivity index (χ0) is 27.9. The lowest BCUT2D eigenvalue weighted by atomic mass is 9.94. The minimum Gasteiger partial charge on any atom is -0.394 e. The van der Waals surface area contributed by atoms with E-state index >= 15 is 0 Å². The number of hydrogen-bond donors (Lipinski definition) is 5. The molecule has 0 amide bonds. The van der Waals surface area contributed by atoms with Crippen molar-refractivity contribution in [2.75, 3.05) is 13.7 Å². The highest BCUT2D eigenvalue weighted by Gasteiger charge is 2.52. The summed E-state index contributed by atoms with van der Waals surface area (Å²) in [5.41, 5.74) is 1.69. The Bertz CT molecular complexity index is 980. The van der Waals surface area contributed by atoms with Crippen LogP contribution in [0.25, 0.3) is 0 Å². The van der Waals surface area contributed by atoms with E-state index in [1.54, 1.807) is 6.92 Å². The zero-order valence-corrected chi connectivity index (χ0v) is 21.9. The molecule has 2 aromatic rings. The van der Waals surface area contributed by atoms with E-state index in [2.05, 4.69) is 0 Å². The molecule has 2 fully saturated rings. The quantitative estimate of drug-likeness (QED) is 0.258. The smallest absolute Gasteiger partial charge is 0.187 e. The van der Waals surface area contributed by atoms with Crippen LogP contribution < -0.4 is 0 Å². The molecule has 2 aliphatic heterocycles. The fourth-order valence-corrected chi connectivity index (χ4v) is 4.82. The molecule has 11 atom stereocenters. The Hall–Kier alpha value is -2.00. The fraction of sp³-hybridized carbons (Fsp3) is 0.571. The number of hydrogen-bond acceptors (Lipinski definition) is 11. The van der Waals surface area contributed by atoms with Gasteiger partial charge in [0.1, 0.15) is 48.8 Å². The number of aliphatic hydroxyl groups excluding tert-OH is 5. The molecule has 0 spiro atoms. The number of benzene rings is 2. The van der Waals surface area contributed by atoms with Crippen LogP contribution >= 0.6 is 0 Å². The molecule has 2 saturated heterocycles. The Morgan fingerprint density at radius 2 is 1.31 bits per heavy atom. The molecular weight excluding hydrogens is 512 g/mol. The van der Waals surface area contributed by atoms with E-state index in [-0.39, 0.29) is 13.2 Å². The summed E-state index contributed by atoms with van der Waals surface area (Å²) in [5, 5.41) is 52.6. The molecule has 0 saturated carbocycles. The van der Waals surface area contributed by atoms with Gasteiger partial charge in [-0.2, -0.15) is 0 Å². The molecule has 0 aromatic heterocycles. The predicted octanol–water partition coefficient (Wildman–Crippen LogP) is 0.0944. The maximum absolute atomic E-state index is 11.2. The minimum absolute atomic E-state index is 0.113. The van der Waals surface area contributed by atoms with Crippen LogP contribution in [0.1, 0.15) is 18.1 Å². The van der Waals surface area contributed by atoms with E-state index in [0.717, 1.165) is 11.1 Å². The normalized spacial score (nSPS) is 36.0. The van der Waals surface area contributed by atoms with Crippen LogP contribution in [0.2, 0.25) is 0 Å². The van der Waals surface area contributed by atoms with Crippen LogP contribution in [0.3, 0.4) is 0 Å². The summed E-state index contributed by atoms with van der Waals surface area (Å²) < 4.78 is 35.2. The second kappa shape index (κ2) is 14.1. The highest BCUT2D eigenvalue weighted by molar-refractivity contribution is 5.14. The van der Waals surface area contributed by atoms with Crippen molar-refractivity contribution >= 4 is 0 Å². The largest absolute Gasteiger partial charge is 0.394 e. The summed E-state index contributed by atoms with van der Waals surface area (Å²) in [6.45, 7) is 1.19. The molecular formula is C28H38O11. The number of ether oxygens (including phenoxy) is 6. The molecule has 2 heterocycles. The van der Waals surface area contributed by atoms with Crippen LogP contribution in [0, 0.1) is 0 Å². The number of rotatable bonds is 11. The Labute approximate surface area is 227 Å². The van der Waals surface area contributed by atoms with Crippen molar-refractivity contribution in [3.05, 3.63) is 71.8 Å². The monoisotopic (exact) mass is 550 g/mol. The second-order valence-electron chi connectivity index (χ2n) is 9.76. The highest BCUT2D eigenvalue weighted by atomic mass is 16.7. The standard InChI is InChI=1S/C28H38O11/c1-16-23(20(31)21(32)27(34-2)37-16)38-28-26(36-15-18-11-7-4-8-12-18)25(22(33)24(39-28)19(30)13-29)35-14-17-9-5-3-6-10-17/h3-12,16,19-33H,13-15H2,1-2H3/t16-,19+,20-,21+,22+,23-,24+,25-,26-,27+,28+/m0/s1. The first-order chi connectivity index (χ1) is 18.8. The molecule has 0 bridgehead atoms. The van der Waals surface area contributed by atoms with Gasteiger partial charge in [0.2, 0.25) is 0 Å². The molecule has 0 unspecified atom stereocenters. The maximum atomic E-state index is 11.2. The van der Waals surface area contributed by atoms with E-state index in [1.807, 2.05) is 60.7 Å². The lowest BCUT2D eigenvalue weighted by Gasteiger charge is -2.48. The third-order valence-electron chi connectivity index (χ3n) is 6.99. The van der Waals surface area contributed by atoms with E-state index in [0.29, 0.717) is 0 Å². The van der Waals surface area contributed by atoms with Gasteiger partial charge in [-0.05, 0) is 18.1 Å². The van der Waals surface area contributed by atoms with Gasteiger partial charge in [0.25, 0.3) is 0 Å². The van der Waals surface area contributed by atoms with E-state index in [4.69, 9.17) is 28.4 Å². The lowest BCUT2D eigenvalue weighted by molar-refractivity contribution is -0.366. The summed E-state index contributed by atoms with van der Waals surface area (Å²) in [5.74, 6) is 0. The van der Waals surface area contributed by atoms with Gasteiger partial charge in [-0.3, -0.25) is 0 Å². The van der Waals surface area contributed by atoms with Crippen molar-refractivity contribution in [1.29, 1.82) is 0 Å².